The van der Waals surface area contributed by atoms with E-state index < -0.39 is 0 Å². The number of thiophene rings is 1. The van der Waals surface area contributed by atoms with Crippen molar-refractivity contribution in [3.05, 3.63) is 57.0 Å². The number of nitrogens with one attached hydrogen (secondary N) is 1. The Morgan fingerprint density at radius 1 is 1.35 bits per heavy atom. The Labute approximate surface area is 165 Å². The van der Waals surface area contributed by atoms with Crippen LogP contribution in [0.25, 0.3) is 10.2 Å². The molecule has 2 aromatic heterocycles. The van der Waals surface area contributed by atoms with Gasteiger partial charge in [0.15, 0.2) is 0 Å². The van der Waals surface area contributed by atoms with Crippen LogP contribution in [0.2, 0.25) is 0 Å². The molecule has 0 bridgehead atoms. The number of rotatable bonds is 5. The largest absolute Gasteiger partial charge is 0.376 e. The van der Waals surface area contributed by atoms with Gasteiger partial charge < -0.3 is 14.6 Å². The van der Waals surface area contributed by atoms with Crippen molar-refractivity contribution in [2.75, 3.05) is 13.2 Å². The zero-order chi connectivity index (χ0) is 18.1. The minimum Gasteiger partial charge on any atom is -0.376 e. The van der Waals surface area contributed by atoms with Crippen LogP contribution < -0.4 is 5.32 Å². The van der Waals surface area contributed by atoms with Crippen molar-refractivity contribution < 1.29 is 9.53 Å². The summed E-state index contributed by atoms with van der Waals surface area (Å²) in [6.45, 7) is 4.13. The second-order valence-electron chi connectivity index (χ2n) is 6.75. The molecule has 1 saturated heterocycles. The van der Waals surface area contributed by atoms with Crippen LogP contribution in [-0.4, -0.2) is 29.7 Å². The van der Waals surface area contributed by atoms with E-state index in [-0.39, 0.29) is 12.0 Å². The lowest BCUT2D eigenvalue weighted by Crippen LogP contribution is -2.33. The molecule has 3 heterocycles. The highest BCUT2D eigenvalue weighted by atomic mass is 79.9. The predicted molar refractivity (Wildman–Crippen MR) is 109 cm³/mol. The van der Waals surface area contributed by atoms with Gasteiger partial charge in [-0.1, -0.05) is 29.8 Å². The number of hydrogen-bond donors (Lipinski definition) is 1. The molecule has 1 N–H and O–H groups in total. The minimum absolute atomic E-state index is 0.0351. The molecule has 1 atom stereocenters. The molecule has 0 aliphatic carbocycles. The molecule has 4 nitrogen and oxygen atoms in total. The predicted octanol–water partition coefficient (Wildman–Crippen LogP) is 4.73. The molecular formula is C20H21BrN2O2S. The maximum atomic E-state index is 12.8. The third-order valence-electron chi connectivity index (χ3n) is 4.77. The van der Waals surface area contributed by atoms with Gasteiger partial charge in [0.1, 0.15) is 5.69 Å². The average Bonchev–Trinajstić information content (AvgIpc) is 3.32. The molecule has 1 amide bonds. The standard InChI is InChI=1S/C20H21BrN2O2S/c1-13-4-6-14(7-5-13)12-23-16-10-19(21)26-18(16)9-17(23)20(24)22-11-15-3-2-8-25-15/h4-7,9-10,15H,2-3,8,11-12H2,1H3,(H,22,24). The van der Waals surface area contributed by atoms with E-state index in [2.05, 4.69) is 63.1 Å². The summed E-state index contributed by atoms with van der Waals surface area (Å²) in [4.78, 5) is 12.8. The Morgan fingerprint density at radius 2 is 2.15 bits per heavy atom. The fourth-order valence-electron chi connectivity index (χ4n) is 3.35. The maximum Gasteiger partial charge on any atom is 0.268 e. The molecule has 6 heteroatoms. The number of hydrogen-bond acceptors (Lipinski definition) is 3. The summed E-state index contributed by atoms with van der Waals surface area (Å²) in [6, 6.07) is 12.5. The Kier molecular flexibility index (Phi) is 5.16. The summed E-state index contributed by atoms with van der Waals surface area (Å²) in [6.07, 6.45) is 2.25. The van der Waals surface area contributed by atoms with E-state index in [9.17, 15) is 4.79 Å². The third-order valence-corrected chi connectivity index (χ3v) is 6.34. The Morgan fingerprint density at radius 3 is 2.88 bits per heavy atom. The van der Waals surface area contributed by atoms with Gasteiger partial charge in [-0.3, -0.25) is 4.79 Å². The van der Waals surface area contributed by atoms with Crippen molar-refractivity contribution >= 4 is 43.4 Å². The molecule has 0 spiro atoms. The molecule has 1 aromatic carbocycles. The van der Waals surface area contributed by atoms with Crippen LogP contribution in [0.3, 0.4) is 0 Å². The fraction of sp³-hybridized carbons (Fsp3) is 0.350. The maximum absolute atomic E-state index is 12.8. The zero-order valence-electron chi connectivity index (χ0n) is 14.6. The van der Waals surface area contributed by atoms with E-state index in [1.54, 1.807) is 11.3 Å². The van der Waals surface area contributed by atoms with Gasteiger partial charge in [-0.15, -0.1) is 11.3 Å². The molecule has 1 fully saturated rings. The smallest absolute Gasteiger partial charge is 0.268 e. The van der Waals surface area contributed by atoms with Crippen LogP contribution >= 0.6 is 27.3 Å². The zero-order valence-corrected chi connectivity index (χ0v) is 17.0. The summed E-state index contributed by atoms with van der Waals surface area (Å²) >= 11 is 5.21. The van der Waals surface area contributed by atoms with Gasteiger partial charge in [0.25, 0.3) is 5.91 Å². The van der Waals surface area contributed by atoms with E-state index in [1.165, 1.54) is 11.1 Å². The highest BCUT2D eigenvalue weighted by Crippen LogP contribution is 2.33. The first-order chi connectivity index (χ1) is 12.6. The minimum atomic E-state index is -0.0351. The number of halogens is 1. The number of nitrogens with zero attached hydrogens (tertiary/aromatic N) is 1. The number of amides is 1. The van der Waals surface area contributed by atoms with Crippen LogP contribution in [0.4, 0.5) is 0 Å². The molecule has 4 rings (SSSR count). The highest BCUT2D eigenvalue weighted by molar-refractivity contribution is 9.11. The molecular weight excluding hydrogens is 412 g/mol. The number of aromatic nitrogens is 1. The lowest BCUT2D eigenvalue weighted by atomic mass is 10.1. The summed E-state index contributed by atoms with van der Waals surface area (Å²) in [5.41, 5.74) is 4.21. The molecule has 1 aliphatic rings. The van der Waals surface area contributed by atoms with Gasteiger partial charge in [0.05, 0.1) is 20.1 Å². The number of carbonyl (C=O) groups is 1. The molecule has 1 unspecified atom stereocenters. The second-order valence-corrected chi connectivity index (χ2v) is 9.21. The first-order valence-electron chi connectivity index (χ1n) is 8.84. The van der Waals surface area contributed by atoms with Crippen molar-refractivity contribution in [2.45, 2.75) is 32.4 Å². The average molecular weight is 433 g/mol. The summed E-state index contributed by atoms with van der Waals surface area (Å²) in [5.74, 6) is -0.0351. The number of carbonyl (C=O) groups excluding carboxylic acids is 1. The van der Waals surface area contributed by atoms with E-state index in [4.69, 9.17) is 4.74 Å². The second kappa shape index (κ2) is 7.55. The van der Waals surface area contributed by atoms with Crippen LogP contribution in [0.5, 0.6) is 0 Å². The quantitative estimate of drug-likeness (QED) is 0.632. The monoisotopic (exact) mass is 432 g/mol. The van der Waals surface area contributed by atoms with Crippen LogP contribution in [0, 0.1) is 6.92 Å². The normalized spacial score (nSPS) is 17.1. The Balaban J connectivity index is 1.61. The lowest BCUT2D eigenvalue weighted by molar-refractivity contribution is 0.0851. The lowest BCUT2D eigenvalue weighted by Gasteiger charge is -2.13. The van der Waals surface area contributed by atoms with Crippen molar-refractivity contribution in [2.24, 2.45) is 0 Å². The number of fused-ring (bicyclic) bond motifs is 1. The summed E-state index contributed by atoms with van der Waals surface area (Å²) < 4.78 is 9.91. The van der Waals surface area contributed by atoms with Crippen molar-refractivity contribution in [3.63, 3.8) is 0 Å². The van der Waals surface area contributed by atoms with Gasteiger partial charge in [0, 0.05) is 19.7 Å². The van der Waals surface area contributed by atoms with Crippen molar-refractivity contribution in [1.82, 2.24) is 9.88 Å². The van der Waals surface area contributed by atoms with Gasteiger partial charge in [-0.2, -0.15) is 0 Å². The first-order valence-corrected chi connectivity index (χ1v) is 10.4. The van der Waals surface area contributed by atoms with Crippen molar-refractivity contribution in [3.8, 4) is 0 Å². The number of aryl methyl sites for hydroxylation is 1. The van der Waals surface area contributed by atoms with E-state index in [0.717, 1.165) is 33.5 Å². The Bertz CT molecular complexity index is 923. The van der Waals surface area contributed by atoms with Gasteiger partial charge in [-0.25, -0.2) is 0 Å². The van der Waals surface area contributed by atoms with Gasteiger partial charge >= 0.3 is 0 Å². The molecule has 26 heavy (non-hydrogen) atoms. The summed E-state index contributed by atoms with van der Waals surface area (Å²) in [7, 11) is 0. The van der Waals surface area contributed by atoms with E-state index >= 15 is 0 Å². The molecule has 1 aliphatic heterocycles. The van der Waals surface area contributed by atoms with Crippen LogP contribution in [-0.2, 0) is 11.3 Å². The third kappa shape index (κ3) is 3.72. The molecule has 0 saturated carbocycles. The Hall–Kier alpha value is -1.63. The van der Waals surface area contributed by atoms with Gasteiger partial charge in [0.2, 0.25) is 0 Å². The summed E-state index contributed by atoms with van der Waals surface area (Å²) in [5, 5.41) is 3.05. The SMILES string of the molecule is Cc1ccc(Cn2c(C(=O)NCC3CCCO3)cc3sc(Br)cc32)cc1. The van der Waals surface area contributed by atoms with Gasteiger partial charge in [-0.05, 0) is 53.4 Å². The highest BCUT2D eigenvalue weighted by Gasteiger charge is 2.20. The molecule has 136 valence electrons. The molecule has 0 radical (unpaired) electrons. The topological polar surface area (TPSA) is 43.3 Å². The van der Waals surface area contributed by atoms with Crippen LogP contribution in [0.15, 0.2) is 40.2 Å². The van der Waals surface area contributed by atoms with E-state index in [0.29, 0.717) is 18.8 Å². The number of benzene rings is 1. The fourth-order valence-corrected chi connectivity index (χ4v) is 4.91. The van der Waals surface area contributed by atoms with Crippen LogP contribution in [0.1, 0.15) is 34.5 Å². The number of ether oxygens (including phenoxy) is 1. The van der Waals surface area contributed by atoms with E-state index in [1.807, 2.05) is 6.07 Å². The molecule has 3 aromatic rings. The van der Waals surface area contributed by atoms with Crippen molar-refractivity contribution in [1.29, 1.82) is 0 Å². The first kappa shape index (κ1) is 17.8.